The Kier molecular flexibility index (Phi) is 19.2. The van der Waals surface area contributed by atoms with E-state index in [1.54, 1.807) is 0 Å². The molecular formula is C53H74O10P2. The highest BCUT2D eigenvalue weighted by molar-refractivity contribution is 7.32. The van der Waals surface area contributed by atoms with Crippen LogP contribution in [0.1, 0.15) is 153 Å². The molecule has 0 spiro atoms. The van der Waals surface area contributed by atoms with E-state index in [1.807, 2.05) is 27.7 Å². The topological polar surface area (TPSA) is 130 Å². The zero-order valence-electron chi connectivity index (χ0n) is 40.4. The minimum absolute atomic E-state index is 0.0517. The molecule has 0 amide bonds. The summed E-state index contributed by atoms with van der Waals surface area (Å²) >= 11 is 0. The Morgan fingerprint density at radius 1 is 0.492 bits per heavy atom. The first-order valence-electron chi connectivity index (χ1n) is 24.4. The Bertz CT molecular complexity index is 2480. The molecule has 0 saturated carbocycles. The largest absolute Gasteiger partial charge is 0.494 e. The lowest BCUT2D eigenvalue weighted by atomic mass is 9.94. The van der Waals surface area contributed by atoms with Crippen LogP contribution < -0.4 is 18.5 Å². The number of benzene rings is 4. The maximum Gasteiger partial charge on any atom is 0.387 e. The third-order valence-corrected chi connectivity index (χ3v) is 14.5. The molecule has 0 saturated heterocycles. The molecule has 2 unspecified atom stereocenters. The smallest absolute Gasteiger partial charge is 0.387 e. The van der Waals surface area contributed by atoms with E-state index in [0.717, 1.165) is 153 Å². The normalized spacial score (nSPS) is 13.5. The molecule has 0 bridgehead atoms. The molecule has 65 heavy (non-hydrogen) atoms. The van der Waals surface area contributed by atoms with Crippen LogP contribution in [0.2, 0.25) is 0 Å². The number of aliphatic hydroxyl groups is 2. The van der Waals surface area contributed by atoms with Gasteiger partial charge in [0.25, 0.3) is 0 Å². The van der Waals surface area contributed by atoms with Gasteiger partial charge in [0, 0.05) is 46.7 Å². The van der Waals surface area contributed by atoms with Gasteiger partial charge in [0.1, 0.15) is 33.8 Å². The van der Waals surface area contributed by atoms with Crippen molar-refractivity contribution in [1.29, 1.82) is 0 Å². The number of fused-ring (bicyclic) bond motifs is 6. The Labute approximate surface area is 388 Å². The number of ether oxygens (including phenoxy) is 2. The minimum Gasteiger partial charge on any atom is -0.494 e. The van der Waals surface area contributed by atoms with E-state index in [0.29, 0.717) is 32.5 Å². The molecule has 0 fully saturated rings. The Hall–Kier alpha value is -3.88. The molecular weight excluding hydrogens is 859 g/mol. The van der Waals surface area contributed by atoms with E-state index in [-0.39, 0.29) is 31.3 Å². The molecule has 2 aromatic heterocycles. The van der Waals surface area contributed by atoms with Crippen molar-refractivity contribution in [3.8, 4) is 11.5 Å². The third kappa shape index (κ3) is 12.8. The van der Waals surface area contributed by atoms with Crippen LogP contribution >= 0.6 is 16.5 Å². The third-order valence-electron chi connectivity index (χ3n) is 12.1. The van der Waals surface area contributed by atoms with E-state index in [1.165, 1.54) is 0 Å². The first kappa shape index (κ1) is 50.5. The summed E-state index contributed by atoms with van der Waals surface area (Å²) in [5.74, 6) is 1.78. The van der Waals surface area contributed by atoms with Gasteiger partial charge in [-0.1, -0.05) is 66.0 Å². The van der Waals surface area contributed by atoms with Gasteiger partial charge in [-0.25, -0.2) is 0 Å². The summed E-state index contributed by atoms with van der Waals surface area (Å²) in [5.41, 5.74) is 9.41. The molecule has 12 heteroatoms. The average Bonchev–Trinajstić information content (AvgIpc) is 3.54. The zero-order chi connectivity index (χ0) is 46.5. The number of aryl methyl sites for hydroxylation is 3. The van der Waals surface area contributed by atoms with Gasteiger partial charge in [-0.3, -0.25) is 9.05 Å². The van der Waals surface area contributed by atoms with E-state index in [9.17, 15) is 10.2 Å². The summed E-state index contributed by atoms with van der Waals surface area (Å²) in [7, 11) is -3.82. The van der Waals surface area contributed by atoms with Crippen molar-refractivity contribution < 1.29 is 45.5 Å². The van der Waals surface area contributed by atoms with E-state index >= 15 is 0 Å². The van der Waals surface area contributed by atoms with Crippen LogP contribution in [0.5, 0.6) is 11.5 Å². The van der Waals surface area contributed by atoms with Crippen LogP contribution in [0.4, 0.5) is 0 Å². The second-order valence-corrected chi connectivity index (χ2v) is 19.5. The highest BCUT2D eigenvalue weighted by Crippen LogP contribution is 2.44. The molecule has 0 radical (unpaired) electrons. The van der Waals surface area contributed by atoms with Gasteiger partial charge in [-0.2, -0.15) is 0 Å². The van der Waals surface area contributed by atoms with Crippen molar-refractivity contribution in [1.82, 2.24) is 0 Å². The summed E-state index contributed by atoms with van der Waals surface area (Å²) in [6, 6.07) is 16.9. The summed E-state index contributed by atoms with van der Waals surface area (Å²) in [6.45, 7) is 20.3. The monoisotopic (exact) mass is 932 g/mol. The fourth-order valence-corrected chi connectivity index (χ4v) is 11.0. The van der Waals surface area contributed by atoms with Gasteiger partial charge in [0.15, 0.2) is 0 Å². The van der Waals surface area contributed by atoms with Crippen molar-refractivity contribution >= 4 is 60.4 Å². The zero-order valence-corrected chi connectivity index (χ0v) is 42.2. The number of hydrogen-bond acceptors (Lipinski definition) is 10. The van der Waals surface area contributed by atoms with Crippen molar-refractivity contribution in [2.45, 2.75) is 164 Å². The van der Waals surface area contributed by atoms with Crippen LogP contribution in [0.3, 0.4) is 0 Å². The summed E-state index contributed by atoms with van der Waals surface area (Å²) in [5, 5.41) is 23.7. The first-order chi connectivity index (χ1) is 31.6. The highest BCUT2D eigenvalue weighted by Gasteiger charge is 2.23. The van der Waals surface area contributed by atoms with Crippen LogP contribution in [-0.2, 0) is 32.1 Å². The molecule has 2 N–H and O–H groups in total. The predicted molar refractivity (Wildman–Crippen MR) is 268 cm³/mol. The van der Waals surface area contributed by atoms with Gasteiger partial charge in [-0.05, 0) is 156 Å². The number of unbranched alkanes of at least 4 members (excludes halogenated alkanes) is 3. The molecule has 0 aliphatic heterocycles. The molecule has 0 aliphatic rings. The van der Waals surface area contributed by atoms with Gasteiger partial charge >= 0.3 is 16.5 Å². The second kappa shape index (κ2) is 24.8. The molecule has 4 aromatic carbocycles. The van der Waals surface area contributed by atoms with Crippen molar-refractivity contribution in [2.75, 3.05) is 26.4 Å². The highest BCUT2D eigenvalue weighted by atomic mass is 31.1. The fourth-order valence-electron chi connectivity index (χ4n) is 8.58. The predicted octanol–water partition coefficient (Wildman–Crippen LogP) is 15.0. The Morgan fingerprint density at radius 2 is 0.892 bits per heavy atom. The summed E-state index contributed by atoms with van der Waals surface area (Å²) in [6.07, 6.45) is 10.4. The molecule has 356 valence electrons. The first-order valence-corrected chi connectivity index (χ1v) is 26.6. The summed E-state index contributed by atoms with van der Waals surface area (Å²) in [4.78, 5) is 0. The Balaban J connectivity index is 1.46. The van der Waals surface area contributed by atoms with Crippen molar-refractivity contribution in [3.63, 3.8) is 0 Å². The average molecular weight is 933 g/mol. The van der Waals surface area contributed by atoms with Crippen LogP contribution in [0, 0.1) is 0 Å². The van der Waals surface area contributed by atoms with Gasteiger partial charge < -0.3 is 36.5 Å². The van der Waals surface area contributed by atoms with E-state index < -0.39 is 16.5 Å². The number of hydrogen-bond donors (Lipinski definition) is 2. The molecule has 10 nitrogen and oxygen atoms in total. The lowest BCUT2D eigenvalue weighted by Gasteiger charge is -2.16. The maximum atomic E-state index is 10.0. The Morgan fingerprint density at radius 3 is 1.31 bits per heavy atom. The van der Waals surface area contributed by atoms with Crippen LogP contribution in [0.25, 0.3) is 43.9 Å². The molecule has 6 rings (SSSR count). The lowest BCUT2D eigenvalue weighted by molar-refractivity contribution is 0.184. The summed E-state index contributed by atoms with van der Waals surface area (Å²) < 4.78 is 53.6. The second-order valence-electron chi connectivity index (χ2n) is 17.4. The van der Waals surface area contributed by atoms with Crippen LogP contribution in [0.15, 0.2) is 65.3 Å². The number of aliphatic hydroxyl groups excluding tert-OH is 2. The fraction of sp³-hybridized carbons (Fsp3) is 0.547. The lowest BCUT2D eigenvalue weighted by Crippen LogP contribution is -2.21. The van der Waals surface area contributed by atoms with Gasteiger partial charge in [0.2, 0.25) is 0 Å². The standard InChI is InChI=1S/C53H74O10P2/c1-10-16-19-40-27-38(22-24-54)29-46-47-30-39(23-25-55)28-41(20-17-11-2)51(47)61-64(60-50(40)46)58-36(8)26-37(9)59-65-62-52-42(21-18-12-3)31-43(56-14-5)33-48(52)49-34-44(57-15-6)32-45(35(7)13-4)53(49)63-65/h27-37,54-55H,10-26H2,1-9H3/t35?,36-,37-,65?/m1/s1. The maximum absolute atomic E-state index is 10.0. The minimum atomic E-state index is -1.91. The van der Waals surface area contributed by atoms with E-state index in [2.05, 4.69) is 83.1 Å². The van der Waals surface area contributed by atoms with Crippen molar-refractivity contribution in [2.24, 2.45) is 0 Å². The van der Waals surface area contributed by atoms with Crippen molar-refractivity contribution in [3.05, 3.63) is 81.9 Å². The SMILES string of the molecule is CCCCc1cc(CCO)cc2c1op(O[C@H](C)C[C@@H](C)Op1oc3c(CCCC)cc(OCC)cc3c3cc(OCC)cc(C(C)CC)c3o1)oc1c(CCCC)cc(CCO)cc12. The van der Waals surface area contributed by atoms with E-state index in [4.69, 9.17) is 35.3 Å². The van der Waals surface area contributed by atoms with Crippen LogP contribution in [-0.4, -0.2) is 48.8 Å². The van der Waals surface area contributed by atoms with Gasteiger partial charge in [-0.15, -0.1) is 0 Å². The number of rotatable bonds is 25. The van der Waals surface area contributed by atoms with Gasteiger partial charge in [0.05, 0.1) is 25.4 Å². The molecule has 0 aliphatic carbocycles. The quantitative estimate of drug-likeness (QED) is 0.0572. The molecule has 2 heterocycles. The molecule has 4 atom stereocenters. The molecule has 6 aromatic rings.